The summed E-state index contributed by atoms with van der Waals surface area (Å²) in [6.07, 6.45) is 0.979. The van der Waals surface area contributed by atoms with Gasteiger partial charge in [-0.25, -0.2) is 8.42 Å². The molecule has 11 nitrogen and oxygen atoms in total. The number of H-pyrrole nitrogens is 1. The Bertz CT molecular complexity index is 1450. The van der Waals surface area contributed by atoms with Crippen LogP contribution in [-0.2, 0) is 21.2 Å². The van der Waals surface area contributed by atoms with Gasteiger partial charge >= 0.3 is 0 Å². The molecule has 0 unspecified atom stereocenters. The van der Waals surface area contributed by atoms with Gasteiger partial charge in [-0.1, -0.05) is 12.1 Å². The molecule has 0 saturated carbocycles. The van der Waals surface area contributed by atoms with E-state index < -0.39 is 14.8 Å². The molecule has 1 heterocycles. The predicted octanol–water partition coefficient (Wildman–Crippen LogP) is 1.99. The highest BCUT2D eigenvalue weighted by Gasteiger charge is 2.18. The van der Waals surface area contributed by atoms with E-state index >= 15 is 0 Å². The number of para-hydroxylation sites is 1. The van der Waals surface area contributed by atoms with Gasteiger partial charge in [0.1, 0.15) is 5.69 Å². The lowest BCUT2D eigenvalue weighted by Gasteiger charge is -2.10. The molecule has 0 spiro atoms. The van der Waals surface area contributed by atoms with Gasteiger partial charge in [-0.2, -0.15) is 0 Å². The maximum absolute atomic E-state index is 12.6. The van der Waals surface area contributed by atoms with Gasteiger partial charge in [-0.3, -0.25) is 24.3 Å². The van der Waals surface area contributed by atoms with Gasteiger partial charge in [0, 0.05) is 38.4 Å². The summed E-state index contributed by atoms with van der Waals surface area (Å²) in [5.74, 6) is -0.326. The van der Waals surface area contributed by atoms with Crippen molar-refractivity contribution < 1.29 is 18.1 Å². The first kappa shape index (κ1) is 24.1. The Labute approximate surface area is 193 Å². The van der Waals surface area contributed by atoms with E-state index in [9.17, 15) is 28.1 Å². The first-order chi connectivity index (χ1) is 15.6. The fourth-order valence-corrected chi connectivity index (χ4v) is 4.07. The summed E-state index contributed by atoms with van der Waals surface area (Å²) in [6.45, 7) is 0.417. The lowest BCUT2D eigenvalue weighted by atomic mass is 10.2. The second kappa shape index (κ2) is 9.92. The lowest BCUT2D eigenvalue weighted by Crippen LogP contribution is -2.31. The van der Waals surface area contributed by atoms with Crippen LogP contribution in [0, 0.1) is 14.9 Å². The molecule has 3 N–H and O–H groups in total. The second-order valence-corrected chi connectivity index (χ2v) is 9.57. The van der Waals surface area contributed by atoms with Crippen molar-refractivity contribution in [2.75, 3.05) is 24.7 Å². The Balaban J connectivity index is 1.56. The van der Waals surface area contributed by atoms with Gasteiger partial charge in [0.05, 0.1) is 20.7 Å². The van der Waals surface area contributed by atoms with Gasteiger partial charge in [-0.15, -0.1) is 0 Å². The predicted molar refractivity (Wildman–Crippen MR) is 126 cm³/mol. The normalized spacial score (nSPS) is 11.3. The number of nitro benzene ring substituents is 1. The van der Waals surface area contributed by atoms with Crippen molar-refractivity contribution >= 4 is 50.2 Å². The van der Waals surface area contributed by atoms with E-state index in [2.05, 4.69) is 15.6 Å². The van der Waals surface area contributed by atoms with Crippen LogP contribution in [-0.4, -0.2) is 48.1 Å². The minimum absolute atomic E-state index is 0.0128. The van der Waals surface area contributed by atoms with Gasteiger partial charge < -0.3 is 15.6 Å². The Hall–Kier alpha value is -3.58. The molecular formula is C20H21N5O6S2. The van der Waals surface area contributed by atoms with Gasteiger partial charge in [0.2, 0.25) is 5.91 Å². The molecule has 0 fully saturated rings. The zero-order chi connectivity index (χ0) is 24.2. The topological polar surface area (TPSA) is 156 Å². The fraction of sp³-hybridized carbons (Fsp3) is 0.250. The maximum atomic E-state index is 12.6. The molecule has 0 aliphatic heterocycles. The second-order valence-electron chi connectivity index (χ2n) is 7.17. The number of nitrogens with zero attached hydrogens (tertiary/aromatic N) is 2. The average molecular weight is 492 g/mol. The van der Waals surface area contributed by atoms with E-state index in [0.717, 1.165) is 12.3 Å². The molecule has 174 valence electrons. The number of carbonyl (C=O) groups is 1. The number of benzene rings is 2. The number of rotatable bonds is 9. The van der Waals surface area contributed by atoms with Crippen molar-refractivity contribution in [3.63, 3.8) is 0 Å². The third kappa shape index (κ3) is 5.81. The van der Waals surface area contributed by atoms with Crippen LogP contribution < -0.4 is 16.2 Å². The maximum Gasteiger partial charge on any atom is 0.293 e. The average Bonchev–Trinajstić information content (AvgIpc) is 2.75. The highest BCUT2D eigenvalue weighted by atomic mass is 32.2. The SMILES string of the molecule is CS(=O)(=O)c1ccc(NCCNC(=O)CCn2c(=S)[nH]c3ccccc3c2=O)c([N+](=O)[O-])c1. The first-order valence-electron chi connectivity index (χ1n) is 9.79. The van der Waals surface area contributed by atoms with Crippen LogP contribution in [0.5, 0.6) is 0 Å². The lowest BCUT2D eigenvalue weighted by molar-refractivity contribution is -0.384. The molecule has 3 aromatic rings. The number of hydrogen-bond acceptors (Lipinski definition) is 8. The Kier molecular flexibility index (Phi) is 7.23. The minimum Gasteiger partial charge on any atom is -0.378 e. The number of fused-ring (bicyclic) bond motifs is 1. The van der Waals surface area contributed by atoms with E-state index in [1.165, 1.54) is 16.7 Å². The van der Waals surface area contributed by atoms with Crippen LogP contribution in [0.25, 0.3) is 10.9 Å². The van der Waals surface area contributed by atoms with Crippen LogP contribution in [0.3, 0.4) is 0 Å². The van der Waals surface area contributed by atoms with Crippen molar-refractivity contribution in [3.05, 3.63) is 67.7 Å². The summed E-state index contributed by atoms with van der Waals surface area (Å²) in [4.78, 5) is 38.2. The number of aromatic nitrogens is 2. The smallest absolute Gasteiger partial charge is 0.293 e. The highest BCUT2D eigenvalue weighted by molar-refractivity contribution is 7.90. The van der Waals surface area contributed by atoms with Crippen LogP contribution in [0.1, 0.15) is 6.42 Å². The van der Waals surface area contributed by atoms with Crippen LogP contribution in [0.4, 0.5) is 11.4 Å². The summed E-state index contributed by atoms with van der Waals surface area (Å²) < 4.78 is 24.8. The summed E-state index contributed by atoms with van der Waals surface area (Å²) in [6, 6.07) is 10.5. The van der Waals surface area contributed by atoms with Crippen LogP contribution in [0.2, 0.25) is 0 Å². The van der Waals surface area contributed by atoms with Crippen molar-refractivity contribution in [3.8, 4) is 0 Å². The highest BCUT2D eigenvalue weighted by Crippen LogP contribution is 2.27. The zero-order valence-electron chi connectivity index (χ0n) is 17.5. The number of nitrogens with one attached hydrogen (secondary N) is 3. The zero-order valence-corrected chi connectivity index (χ0v) is 19.2. The van der Waals surface area contributed by atoms with Crippen molar-refractivity contribution in [2.45, 2.75) is 17.9 Å². The molecule has 2 aromatic carbocycles. The number of carbonyl (C=O) groups excluding carboxylic acids is 1. The van der Waals surface area contributed by atoms with E-state index in [-0.39, 0.29) is 58.6 Å². The summed E-state index contributed by atoms with van der Waals surface area (Å²) >= 11 is 5.22. The molecule has 0 aliphatic rings. The number of anilines is 1. The summed E-state index contributed by atoms with van der Waals surface area (Å²) in [7, 11) is -3.58. The minimum atomic E-state index is -3.58. The molecule has 0 saturated heterocycles. The third-order valence-corrected chi connectivity index (χ3v) is 6.24. The van der Waals surface area contributed by atoms with Gasteiger partial charge in [0.15, 0.2) is 14.6 Å². The van der Waals surface area contributed by atoms with E-state index in [4.69, 9.17) is 12.2 Å². The van der Waals surface area contributed by atoms with Crippen LogP contribution >= 0.6 is 12.2 Å². The molecule has 0 aliphatic carbocycles. The number of amides is 1. The van der Waals surface area contributed by atoms with Crippen molar-refractivity contribution in [1.82, 2.24) is 14.9 Å². The Morgan fingerprint density at radius 3 is 2.64 bits per heavy atom. The van der Waals surface area contributed by atoms with Gasteiger partial charge in [-0.05, 0) is 36.5 Å². The molecule has 0 radical (unpaired) electrons. The summed E-state index contributed by atoms with van der Waals surface area (Å²) in [5, 5.41) is 17.2. The number of nitro groups is 1. The van der Waals surface area contributed by atoms with Crippen LogP contribution in [0.15, 0.2) is 52.2 Å². The quantitative estimate of drug-likeness (QED) is 0.178. The Morgan fingerprint density at radius 1 is 1.21 bits per heavy atom. The van der Waals surface area contributed by atoms with E-state index in [1.807, 2.05) is 0 Å². The first-order valence-corrected chi connectivity index (χ1v) is 12.1. The fourth-order valence-electron chi connectivity index (χ4n) is 3.15. The standard InChI is InChI=1S/C20H21N5O6S2/c1-33(30,31)13-6-7-16(17(12-13)25(28)29)21-9-10-22-18(26)8-11-24-19(27)14-4-2-3-5-15(14)23-20(24)32/h2-7,12,21H,8-11H2,1H3,(H,22,26)(H,23,32). The van der Waals surface area contributed by atoms with Gasteiger partial charge in [0.25, 0.3) is 11.2 Å². The molecule has 33 heavy (non-hydrogen) atoms. The van der Waals surface area contributed by atoms with Crippen molar-refractivity contribution in [1.29, 1.82) is 0 Å². The molecule has 0 atom stereocenters. The molecule has 1 aromatic heterocycles. The van der Waals surface area contributed by atoms with E-state index in [0.29, 0.717) is 10.9 Å². The molecule has 1 amide bonds. The number of hydrogen-bond donors (Lipinski definition) is 3. The molecule has 3 rings (SSSR count). The number of sulfone groups is 1. The Morgan fingerprint density at radius 2 is 1.94 bits per heavy atom. The number of aromatic amines is 1. The largest absolute Gasteiger partial charge is 0.378 e. The third-order valence-electron chi connectivity index (χ3n) is 4.81. The molecular weight excluding hydrogens is 470 g/mol. The van der Waals surface area contributed by atoms with E-state index in [1.54, 1.807) is 24.3 Å². The molecule has 0 bridgehead atoms. The molecule has 13 heteroatoms. The monoisotopic (exact) mass is 491 g/mol. The van der Waals surface area contributed by atoms with Crippen molar-refractivity contribution in [2.24, 2.45) is 0 Å². The summed E-state index contributed by atoms with van der Waals surface area (Å²) in [5.41, 5.74) is 0.0939.